The van der Waals surface area contributed by atoms with Crippen molar-refractivity contribution in [2.75, 3.05) is 0 Å². The van der Waals surface area contributed by atoms with Crippen LogP contribution in [0, 0.1) is 12.1 Å². The van der Waals surface area contributed by atoms with Crippen molar-refractivity contribution in [3.8, 4) is 45.6 Å². The predicted octanol–water partition coefficient (Wildman–Crippen LogP) is 8.93. The van der Waals surface area contributed by atoms with E-state index in [1.165, 1.54) is 0 Å². The summed E-state index contributed by atoms with van der Waals surface area (Å²) in [6, 6.07) is 25.6. The summed E-state index contributed by atoms with van der Waals surface area (Å²) in [4.78, 5) is 17.9. The molecule has 0 aliphatic carbocycles. The predicted molar refractivity (Wildman–Crippen MR) is 174 cm³/mol. The Kier molecular flexibility index (Phi) is 11.4. The van der Waals surface area contributed by atoms with E-state index >= 15 is 0 Å². The second-order valence-corrected chi connectivity index (χ2v) is 13.3. The fraction of sp³-hybridized carbons (Fsp3) is 0.278. The summed E-state index contributed by atoms with van der Waals surface area (Å²) >= 11 is 0. The Labute approximate surface area is 304 Å². The molecule has 1 N–H and O–H groups in total. The molecule has 0 aliphatic heterocycles. The van der Waals surface area contributed by atoms with Gasteiger partial charge in [0, 0.05) is 27.9 Å². The summed E-state index contributed by atoms with van der Waals surface area (Å²) in [6.07, 6.45) is -9.03. The maximum atomic E-state index is 12.8. The van der Waals surface area contributed by atoms with Gasteiger partial charge in [0.1, 0.15) is 17.1 Å². The van der Waals surface area contributed by atoms with Gasteiger partial charge in [-0.25, -0.2) is 0 Å². The Balaban J connectivity index is 0.000000224. The van der Waals surface area contributed by atoms with Crippen LogP contribution in [0.3, 0.4) is 0 Å². The Hall–Kier alpha value is -4.75. The molecule has 0 saturated heterocycles. The van der Waals surface area contributed by atoms with Crippen LogP contribution in [-0.4, -0.2) is 35.2 Å². The molecule has 0 amide bonds. The number of benzene rings is 2. The van der Waals surface area contributed by atoms with Gasteiger partial charge < -0.3 is 10.2 Å². The van der Waals surface area contributed by atoms with Crippen LogP contribution in [0.5, 0.6) is 0 Å². The molecule has 6 rings (SSSR count). The number of nitrogens with zero attached hydrogens (tertiary/aromatic N) is 7. The SMILES string of the molecule is CC(C)(C)c1cc(-c2cc(C(F)(F)F)[nH]n2)nc(-c2[c-]cccc2)n1.CC(C)(C)c1cc(-c2cc(C(F)(F)F)n[n-]2)nc(-c2[c-]cccc2)n1.[Ir+3]. The van der Waals surface area contributed by atoms with Gasteiger partial charge in [0.15, 0.2) is 0 Å². The molecule has 6 aromatic rings. The Morgan fingerprint density at radius 3 is 1.51 bits per heavy atom. The van der Waals surface area contributed by atoms with E-state index in [-0.39, 0.29) is 42.3 Å². The second kappa shape index (κ2) is 14.8. The van der Waals surface area contributed by atoms with Gasteiger partial charge in [-0.1, -0.05) is 47.2 Å². The van der Waals surface area contributed by atoms with E-state index in [2.05, 4.69) is 47.4 Å². The van der Waals surface area contributed by atoms with Crippen molar-refractivity contribution in [1.82, 2.24) is 40.3 Å². The molecule has 0 spiro atoms. The number of rotatable bonds is 4. The number of nitrogens with one attached hydrogen (secondary N) is 1. The first kappa shape index (κ1) is 39.0. The molecule has 0 bridgehead atoms. The third-order valence-corrected chi connectivity index (χ3v) is 7.13. The van der Waals surface area contributed by atoms with Crippen LogP contribution in [-0.2, 0) is 43.3 Å². The van der Waals surface area contributed by atoms with Crippen molar-refractivity contribution >= 4 is 0 Å². The van der Waals surface area contributed by atoms with Gasteiger partial charge >= 0.3 is 32.5 Å². The van der Waals surface area contributed by atoms with Gasteiger partial charge in [0.05, 0.1) is 17.3 Å². The summed E-state index contributed by atoms with van der Waals surface area (Å²) in [7, 11) is 0. The van der Waals surface area contributed by atoms with E-state index in [0.717, 1.165) is 12.1 Å². The first-order valence-electron chi connectivity index (χ1n) is 15.2. The quantitative estimate of drug-likeness (QED) is 0.139. The van der Waals surface area contributed by atoms with Crippen LogP contribution in [0.2, 0.25) is 0 Å². The van der Waals surface area contributed by atoms with Gasteiger partial charge in [0.25, 0.3) is 0 Å². The van der Waals surface area contributed by atoms with E-state index in [0.29, 0.717) is 45.6 Å². The van der Waals surface area contributed by atoms with Gasteiger partial charge in [-0.2, -0.15) is 31.4 Å². The summed E-state index contributed by atoms with van der Waals surface area (Å²) < 4.78 is 76.8. The van der Waals surface area contributed by atoms with Crippen LogP contribution in [0.4, 0.5) is 26.3 Å². The minimum absolute atomic E-state index is 0. The van der Waals surface area contributed by atoms with E-state index < -0.39 is 23.7 Å². The molecule has 0 radical (unpaired) electrons. The van der Waals surface area contributed by atoms with Crippen LogP contribution in [0.25, 0.3) is 45.6 Å². The number of halogens is 6. The van der Waals surface area contributed by atoms with Crippen molar-refractivity contribution in [2.45, 2.75) is 64.7 Å². The average molecular weight is 882 g/mol. The topological polar surface area (TPSA) is 107 Å². The summed E-state index contributed by atoms with van der Waals surface area (Å²) in [6.45, 7) is 11.8. The molecule has 2 aromatic carbocycles. The zero-order valence-corrected chi connectivity index (χ0v) is 30.6. The van der Waals surface area contributed by atoms with Gasteiger partial charge in [-0.15, -0.1) is 71.8 Å². The van der Waals surface area contributed by atoms with Crippen molar-refractivity contribution in [1.29, 1.82) is 0 Å². The van der Waals surface area contributed by atoms with E-state index in [1.54, 1.807) is 36.4 Å². The molecule has 0 saturated carbocycles. The molecule has 0 aliphatic rings. The minimum atomic E-state index is -4.54. The number of hydrogen-bond donors (Lipinski definition) is 1. The minimum Gasteiger partial charge on any atom is -0.573 e. The van der Waals surface area contributed by atoms with Gasteiger partial charge in [0.2, 0.25) is 0 Å². The molecule has 51 heavy (non-hydrogen) atoms. The second-order valence-electron chi connectivity index (χ2n) is 13.3. The third kappa shape index (κ3) is 9.73. The van der Waals surface area contributed by atoms with E-state index in [1.807, 2.05) is 70.9 Å². The van der Waals surface area contributed by atoms with Gasteiger partial charge in [-0.3, -0.25) is 25.0 Å². The van der Waals surface area contributed by atoms with Crippen LogP contribution in [0.1, 0.15) is 64.3 Å². The first-order chi connectivity index (χ1) is 23.3. The Morgan fingerprint density at radius 1 is 0.588 bits per heavy atom. The zero-order valence-electron chi connectivity index (χ0n) is 28.2. The molecule has 8 nitrogen and oxygen atoms in total. The average Bonchev–Trinajstić information content (AvgIpc) is 3.77. The molecule has 266 valence electrons. The Bertz CT molecular complexity index is 1910. The molecular weight excluding hydrogens is 851 g/mol. The number of aromatic amines is 1. The fourth-order valence-electron chi connectivity index (χ4n) is 4.39. The molecule has 4 aromatic heterocycles. The standard InChI is InChI=1S/C18H16F3N4.C18H15F3N4.Ir/c2*1-17(2,3)14-9-12(13-10-15(25-24-13)18(19,20)21)22-16(23-14)11-7-5-4-6-8-11;/h4-7,9-10H,1-3H3,(H,24,25);4-7,9-10H,1-3H3;/q-1;-2;+3. The van der Waals surface area contributed by atoms with Crippen molar-refractivity contribution < 1.29 is 46.4 Å². The van der Waals surface area contributed by atoms with Crippen LogP contribution < -0.4 is 5.10 Å². The number of hydrogen-bond acceptors (Lipinski definition) is 6. The Morgan fingerprint density at radius 2 is 1.10 bits per heavy atom. The maximum Gasteiger partial charge on any atom is 3.00 e. The van der Waals surface area contributed by atoms with Gasteiger partial charge in [-0.05, 0) is 24.3 Å². The van der Waals surface area contributed by atoms with Crippen molar-refractivity contribution in [3.05, 3.63) is 108 Å². The molecule has 15 heteroatoms. The normalized spacial score (nSPS) is 12.2. The maximum absolute atomic E-state index is 12.8. The molecule has 4 heterocycles. The molecular formula is C36H31F6IrN8. The monoisotopic (exact) mass is 882 g/mol. The number of H-pyrrole nitrogens is 1. The van der Waals surface area contributed by atoms with Crippen LogP contribution in [0.15, 0.2) is 72.8 Å². The molecule has 0 unspecified atom stereocenters. The van der Waals surface area contributed by atoms with Crippen molar-refractivity contribution in [3.63, 3.8) is 0 Å². The van der Waals surface area contributed by atoms with E-state index in [9.17, 15) is 26.3 Å². The fourth-order valence-corrected chi connectivity index (χ4v) is 4.39. The third-order valence-electron chi connectivity index (χ3n) is 7.13. The summed E-state index contributed by atoms with van der Waals surface area (Å²) in [5.41, 5.74) is 0.995. The number of aromatic nitrogens is 8. The smallest absolute Gasteiger partial charge is 0.573 e. The summed E-state index contributed by atoms with van der Waals surface area (Å²) in [5.74, 6) is 0.791. The first-order valence-corrected chi connectivity index (χ1v) is 15.2. The zero-order chi connectivity index (χ0) is 36.5. The van der Waals surface area contributed by atoms with E-state index in [4.69, 9.17) is 0 Å². The number of alkyl halides is 6. The van der Waals surface area contributed by atoms with Crippen molar-refractivity contribution in [2.24, 2.45) is 0 Å². The largest absolute Gasteiger partial charge is 3.00 e. The van der Waals surface area contributed by atoms with Crippen LogP contribution >= 0.6 is 0 Å². The molecule has 0 fully saturated rings. The summed E-state index contributed by atoms with van der Waals surface area (Å²) in [5, 5.41) is 12.6. The molecule has 0 atom stereocenters.